The first-order valence-corrected chi connectivity index (χ1v) is 9.95. The highest BCUT2D eigenvalue weighted by molar-refractivity contribution is 5.68. The highest BCUT2D eigenvalue weighted by atomic mass is 16.6. The highest BCUT2D eigenvalue weighted by Crippen LogP contribution is 2.28. The van der Waals surface area contributed by atoms with Crippen molar-refractivity contribution in [2.45, 2.75) is 73.1 Å². The van der Waals surface area contributed by atoms with Crippen LogP contribution in [0.3, 0.4) is 0 Å². The van der Waals surface area contributed by atoms with Crippen LogP contribution in [0.15, 0.2) is 6.07 Å². The molecule has 1 atom stereocenters. The second kappa shape index (κ2) is 8.46. The van der Waals surface area contributed by atoms with Gasteiger partial charge in [0.2, 0.25) is 0 Å². The number of amides is 1. The average molecular weight is 377 g/mol. The number of aromatic nitrogens is 1. The van der Waals surface area contributed by atoms with Crippen LogP contribution in [-0.4, -0.2) is 53.8 Å². The number of carbonyl (C=O) groups excluding carboxylic acids is 1. The maximum absolute atomic E-state index is 12.3. The lowest BCUT2D eigenvalue weighted by Gasteiger charge is -2.37. The molecule has 1 N–H and O–H groups in total. The van der Waals surface area contributed by atoms with Gasteiger partial charge >= 0.3 is 6.09 Å². The summed E-state index contributed by atoms with van der Waals surface area (Å²) in [5.74, 6) is 1.03. The van der Waals surface area contributed by atoms with E-state index >= 15 is 0 Å². The number of carbonyl (C=O) groups is 1. The monoisotopic (exact) mass is 376 g/mol. The third kappa shape index (κ3) is 5.83. The molecular formula is C21H36N4O2. The number of pyridine rings is 1. The van der Waals surface area contributed by atoms with Crippen LogP contribution >= 0.6 is 0 Å². The molecule has 0 saturated carbocycles. The number of nitrogens with zero attached hydrogens (tertiary/aromatic N) is 3. The summed E-state index contributed by atoms with van der Waals surface area (Å²) in [5.41, 5.74) is 3.02. The summed E-state index contributed by atoms with van der Waals surface area (Å²) >= 11 is 0. The molecule has 1 aliphatic rings. The number of ether oxygens (including phenoxy) is 1. The van der Waals surface area contributed by atoms with E-state index in [9.17, 15) is 4.79 Å². The number of anilines is 1. The molecule has 1 fully saturated rings. The molecule has 152 valence electrons. The van der Waals surface area contributed by atoms with E-state index in [1.807, 2.05) is 20.8 Å². The summed E-state index contributed by atoms with van der Waals surface area (Å²) in [4.78, 5) is 21.3. The first-order valence-electron chi connectivity index (χ1n) is 9.95. The minimum atomic E-state index is -0.463. The zero-order valence-electron chi connectivity index (χ0n) is 18.2. The van der Waals surface area contributed by atoms with Crippen LogP contribution < -0.4 is 10.2 Å². The predicted molar refractivity (Wildman–Crippen MR) is 110 cm³/mol. The fraction of sp³-hybridized carbons (Fsp3) is 0.714. The van der Waals surface area contributed by atoms with Crippen molar-refractivity contribution in [2.75, 3.05) is 31.1 Å². The van der Waals surface area contributed by atoms with Gasteiger partial charge in [0, 0.05) is 49.5 Å². The topological polar surface area (TPSA) is 57.7 Å². The molecule has 1 saturated heterocycles. The molecule has 0 bridgehead atoms. The molecule has 0 aliphatic carbocycles. The molecule has 6 nitrogen and oxygen atoms in total. The van der Waals surface area contributed by atoms with Gasteiger partial charge in [-0.2, -0.15) is 0 Å². The van der Waals surface area contributed by atoms with Crippen molar-refractivity contribution in [2.24, 2.45) is 0 Å². The summed E-state index contributed by atoms with van der Waals surface area (Å²) in [6, 6.07) is 2.87. The van der Waals surface area contributed by atoms with E-state index in [4.69, 9.17) is 9.72 Å². The molecule has 1 unspecified atom stereocenters. The molecule has 27 heavy (non-hydrogen) atoms. The van der Waals surface area contributed by atoms with Crippen LogP contribution in [0.5, 0.6) is 0 Å². The molecule has 1 amide bonds. The van der Waals surface area contributed by atoms with Crippen LogP contribution in [0.25, 0.3) is 0 Å². The van der Waals surface area contributed by atoms with Crippen LogP contribution in [0.1, 0.15) is 64.4 Å². The van der Waals surface area contributed by atoms with Crippen LogP contribution in [0.2, 0.25) is 0 Å². The predicted octanol–water partition coefficient (Wildman–Crippen LogP) is 3.81. The van der Waals surface area contributed by atoms with E-state index in [0.29, 0.717) is 19.1 Å². The summed E-state index contributed by atoms with van der Waals surface area (Å²) in [6.45, 7) is 19.2. The molecule has 1 aliphatic heterocycles. The van der Waals surface area contributed by atoms with Gasteiger partial charge in [0.1, 0.15) is 11.4 Å². The average Bonchev–Trinajstić information content (AvgIpc) is 2.55. The zero-order chi connectivity index (χ0) is 20.4. The maximum Gasteiger partial charge on any atom is 0.410 e. The van der Waals surface area contributed by atoms with E-state index in [1.165, 1.54) is 11.1 Å². The molecule has 2 heterocycles. The van der Waals surface area contributed by atoms with Crippen molar-refractivity contribution < 1.29 is 9.53 Å². The minimum Gasteiger partial charge on any atom is -0.444 e. The second-order valence-corrected chi connectivity index (χ2v) is 8.80. The first kappa shape index (κ1) is 21.5. The smallest absolute Gasteiger partial charge is 0.410 e. The minimum absolute atomic E-state index is 0.218. The third-order valence-electron chi connectivity index (χ3n) is 4.76. The Balaban J connectivity index is 2.15. The Morgan fingerprint density at radius 2 is 1.74 bits per heavy atom. The molecule has 1 aromatic heterocycles. The van der Waals surface area contributed by atoms with Gasteiger partial charge in [-0.05, 0) is 53.2 Å². The second-order valence-electron chi connectivity index (χ2n) is 8.80. The van der Waals surface area contributed by atoms with E-state index < -0.39 is 5.60 Å². The van der Waals surface area contributed by atoms with Crippen LogP contribution in [0.4, 0.5) is 10.6 Å². The lowest BCUT2D eigenvalue weighted by atomic mass is 10.0. The SMILES string of the molecule is Cc1cc(C(C)NC(C)C)c(N2CCN(C(=O)OC(C)(C)C)CC2)nc1C. The number of hydrogen-bond acceptors (Lipinski definition) is 5. The van der Waals surface area contributed by atoms with Gasteiger partial charge in [0.25, 0.3) is 0 Å². The molecular weight excluding hydrogens is 340 g/mol. The van der Waals surface area contributed by atoms with Gasteiger partial charge in [0.15, 0.2) is 0 Å². The highest BCUT2D eigenvalue weighted by Gasteiger charge is 2.28. The normalized spacial score (nSPS) is 16.6. The quantitative estimate of drug-likeness (QED) is 0.866. The van der Waals surface area contributed by atoms with Crippen molar-refractivity contribution in [3.8, 4) is 0 Å². The standard InChI is InChI=1S/C21H36N4O2/c1-14(2)22-17(5)18-13-15(3)16(4)23-19(18)24-9-11-25(12-10-24)20(26)27-21(6,7)8/h13-14,17,22H,9-12H2,1-8H3. The number of hydrogen-bond donors (Lipinski definition) is 1. The van der Waals surface area contributed by atoms with E-state index in [2.05, 4.69) is 50.9 Å². The largest absolute Gasteiger partial charge is 0.444 e. The third-order valence-corrected chi connectivity index (χ3v) is 4.76. The fourth-order valence-electron chi connectivity index (χ4n) is 3.30. The van der Waals surface area contributed by atoms with E-state index in [1.54, 1.807) is 4.90 Å². The zero-order valence-corrected chi connectivity index (χ0v) is 18.2. The number of aryl methyl sites for hydroxylation is 2. The summed E-state index contributed by atoms with van der Waals surface area (Å²) < 4.78 is 5.50. The van der Waals surface area contributed by atoms with Crippen LogP contribution in [0, 0.1) is 13.8 Å². The Kier molecular flexibility index (Phi) is 6.73. The summed E-state index contributed by atoms with van der Waals surface area (Å²) in [6.07, 6.45) is -0.231. The molecule has 0 aromatic carbocycles. The van der Waals surface area contributed by atoms with Gasteiger partial charge < -0.3 is 19.9 Å². The van der Waals surface area contributed by atoms with Crippen molar-refractivity contribution >= 4 is 11.9 Å². The lowest BCUT2D eigenvalue weighted by Crippen LogP contribution is -2.50. The van der Waals surface area contributed by atoms with E-state index in [-0.39, 0.29) is 12.1 Å². The van der Waals surface area contributed by atoms with Gasteiger partial charge in [-0.1, -0.05) is 13.8 Å². The van der Waals surface area contributed by atoms with Crippen molar-refractivity contribution in [3.63, 3.8) is 0 Å². The van der Waals surface area contributed by atoms with Gasteiger partial charge in [-0.15, -0.1) is 0 Å². The Morgan fingerprint density at radius 1 is 1.15 bits per heavy atom. The summed E-state index contributed by atoms with van der Waals surface area (Å²) in [7, 11) is 0. The first-order chi connectivity index (χ1) is 12.5. The summed E-state index contributed by atoms with van der Waals surface area (Å²) in [5, 5.41) is 3.59. The van der Waals surface area contributed by atoms with Crippen LogP contribution in [-0.2, 0) is 4.74 Å². The van der Waals surface area contributed by atoms with E-state index in [0.717, 1.165) is 24.6 Å². The molecule has 1 aromatic rings. The molecule has 0 spiro atoms. The Hall–Kier alpha value is -1.82. The van der Waals surface area contributed by atoms with Gasteiger partial charge in [0.05, 0.1) is 0 Å². The molecule has 0 radical (unpaired) electrons. The number of nitrogens with one attached hydrogen (secondary N) is 1. The van der Waals surface area contributed by atoms with Crippen molar-refractivity contribution in [3.05, 3.63) is 22.9 Å². The molecule has 2 rings (SSSR count). The number of rotatable bonds is 4. The maximum atomic E-state index is 12.3. The van der Waals surface area contributed by atoms with Gasteiger partial charge in [-0.25, -0.2) is 9.78 Å². The Labute approximate surface area is 164 Å². The van der Waals surface area contributed by atoms with Crippen molar-refractivity contribution in [1.82, 2.24) is 15.2 Å². The fourth-order valence-corrected chi connectivity index (χ4v) is 3.30. The lowest BCUT2D eigenvalue weighted by molar-refractivity contribution is 0.0240. The Morgan fingerprint density at radius 3 is 2.26 bits per heavy atom. The molecule has 6 heteroatoms. The number of piperazine rings is 1. The Bertz CT molecular complexity index is 659. The van der Waals surface area contributed by atoms with Gasteiger partial charge in [-0.3, -0.25) is 0 Å². The van der Waals surface area contributed by atoms with Crippen molar-refractivity contribution in [1.29, 1.82) is 0 Å².